The Hall–Kier alpha value is -1.06. The molecule has 0 N–H and O–H groups in total. The van der Waals surface area contributed by atoms with Crippen LogP contribution in [0, 0.1) is 6.92 Å². The average molecular weight is 281 g/mol. The molecule has 116 valence electrons. The van der Waals surface area contributed by atoms with Crippen LogP contribution in [0.25, 0.3) is 0 Å². The average Bonchev–Trinajstić information content (AvgIpc) is 2.54. The van der Waals surface area contributed by atoms with Crippen LogP contribution < -0.4 is 4.74 Å². The molecule has 0 radical (unpaired) electrons. The lowest BCUT2D eigenvalue weighted by Crippen LogP contribution is -2.38. The highest BCUT2D eigenvalue weighted by atomic mass is 16.5. The van der Waals surface area contributed by atoms with Crippen LogP contribution in [0.1, 0.15) is 33.3 Å². The van der Waals surface area contributed by atoms with Crippen LogP contribution in [0.15, 0.2) is 24.3 Å². The molecular weight excluding hydrogens is 250 g/mol. The van der Waals surface area contributed by atoms with Crippen molar-refractivity contribution in [2.75, 3.05) is 39.5 Å². The van der Waals surface area contributed by atoms with Crippen LogP contribution in [0.4, 0.5) is 0 Å². The molecule has 0 saturated carbocycles. The van der Waals surface area contributed by atoms with Crippen molar-refractivity contribution < 1.29 is 9.47 Å². The number of hydrogen-bond acceptors (Lipinski definition) is 3. The minimum Gasteiger partial charge on any atom is -0.492 e. The minimum absolute atomic E-state index is 0.755. The SMILES string of the molecule is CC.CC.Cc1ccccc1OCCN1CCOCC1. The number of nitrogens with zero attached hydrogens (tertiary/aromatic N) is 1. The first-order chi connectivity index (χ1) is 9.86. The van der Waals surface area contributed by atoms with E-state index in [0.717, 1.165) is 45.2 Å². The Bertz CT molecular complexity index is 323. The van der Waals surface area contributed by atoms with Crippen molar-refractivity contribution in [1.82, 2.24) is 4.90 Å². The van der Waals surface area contributed by atoms with E-state index in [4.69, 9.17) is 9.47 Å². The number of morpholine rings is 1. The summed E-state index contributed by atoms with van der Waals surface area (Å²) in [6.07, 6.45) is 0. The molecule has 0 atom stereocenters. The molecule has 2 rings (SSSR count). The predicted molar refractivity (Wildman–Crippen MR) is 86.6 cm³/mol. The van der Waals surface area contributed by atoms with E-state index >= 15 is 0 Å². The van der Waals surface area contributed by atoms with Gasteiger partial charge in [0.15, 0.2) is 0 Å². The van der Waals surface area contributed by atoms with E-state index in [1.54, 1.807) is 0 Å². The van der Waals surface area contributed by atoms with E-state index < -0.39 is 0 Å². The summed E-state index contributed by atoms with van der Waals surface area (Å²) in [6, 6.07) is 8.14. The van der Waals surface area contributed by atoms with Crippen LogP contribution in [0.5, 0.6) is 5.75 Å². The molecule has 1 saturated heterocycles. The molecule has 1 heterocycles. The first kappa shape index (κ1) is 18.9. The fraction of sp³-hybridized carbons (Fsp3) is 0.647. The summed E-state index contributed by atoms with van der Waals surface area (Å²) in [5, 5.41) is 0. The van der Waals surface area contributed by atoms with Crippen molar-refractivity contribution in [1.29, 1.82) is 0 Å². The van der Waals surface area contributed by atoms with Gasteiger partial charge in [-0.05, 0) is 18.6 Å². The maximum absolute atomic E-state index is 5.76. The van der Waals surface area contributed by atoms with Gasteiger partial charge in [-0.2, -0.15) is 0 Å². The van der Waals surface area contributed by atoms with Gasteiger partial charge in [-0.25, -0.2) is 0 Å². The lowest BCUT2D eigenvalue weighted by atomic mass is 10.2. The number of hydrogen-bond donors (Lipinski definition) is 0. The standard InChI is InChI=1S/C13H19NO2.2C2H6/c1-12-4-2-3-5-13(12)16-11-8-14-6-9-15-10-7-14;2*1-2/h2-5H,6-11H2,1H3;2*1-2H3. The lowest BCUT2D eigenvalue weighted by molar-refractivity contribution is 0.0322. The fourth-order valence-electron chi connectivity index (χ4n) is 1.83. The molecule has 0 aromatic heterocycles. The normalized spacial score (nSPS) is 14.4. The molecule has 0 unspecified atom stereocenters. The molecule has 20 heavy (non-hydrogen) atoms. The van der Waals surface area contributed by atoms with Crippen LogP contribution in [-0.4, -0.2) is 44.4 Å². The van der Waals surface area contributed by atoms with Gasteiger partial charge in [0, 0.05) is 19.6 Å². The van der Waals surface area contributed by atoms with Crippen molar-refractivity contribution in [2.24, 2.45) is 0 Å². The lowest BCUT2D eigenvalue weighted by Gasteiger charge is -2.26. The van der Waals surface area contributed by atoms with Crippen LogP contribution in [0.2, 0.25) is 0 Å². The van der Waals surface area contributed by atoms with Crippen LogP contribution >= 0.6 is 0 Å². The van der Waals surface area contributed by atoms with E-state index in [-0.39, 0.29) is 0 Å². The minimum atomic E-state index is 0.755. The van der Waals surface area contributed by atoms with Gasteiger partial charge < -0.3 is 9.47 Å². The molecule has 1 aromatic carbocycles. The Morgan fingerprint density at radius 3 is 2.25 bits per heavy atom. The molecule has 1 aliphatic rings. The topological polar surface area (TPSA) is 21.7 Å². The molecule has 3 heteroatoms. The quantitative estimate of drug-likeness (QED) is 0.839. The number of ether oxygens (including phenoxy) is 2. The van der Waals surface area contributed by atoms with Crippen LogP contribution in [-0.2, 0) is 4.74 Å². The molecule has 0 aliphatic carbocycles. The summed E-state index contributed by atoms with van der Waals surface area (Å²) < 4.78 is 11.1. The highest BCUT2D eigenvalue weighted by Gasteiger charge is 2.09. The Kier molecular flexibility index (Phi) is 12.3. The zero-order chi connectivity index (χ0) is 15.2. The number of para-hydroxylation sites is 1. The van der Waals surface area contributed by atoms with E-state index in [9.17, 15) is 0 Å². The fourth-order valence-corrected chi connectivity index (χ4v) is 1.83. The van der Waals surface area contributed by atoms with Crippen molar-refractivity contribution in [2.45, 2.75) is 34.6 Å². The van der Waals surface area contributed by atoms with Gasteiger partial charge in [-0.1, -0.05) is 45.9 Å². The van der Waals surface area contributed by atoms with E-state index in [1.165, 1.54) is 5.56 Å². The Morgan fingerprint density at radius 2 is 1.65 bits per heavy atom. The summed E-state index contributed by atoms with van der Waals surface area (Å²) in [5.74, 6) is 0.996. The summed E-state index contributed by atoms with van der Waals surface area (Å²) in [4.78, 5) is 2.38. The largest absolute Gasteiger partial charge is 0.492 e. The first-order valence-electron chi connectivity index (χ1n) is 7.85. The van der Waals surface area contributed by atoms with Crippen molar-refractivity contribution in [3.05, 3.63) is 29.8 Å². The maximum Gasteiger partial charge on any atom is 0.122 e. The van der Waals surface area contributed by atoms with Gasteiger partial charge in [0.2, 0.25) is 0 Å². The van der Waals surface area contributed by atoms with E-state index in [1.807, 2.05) is 45.9 Å². The summed E-state index contributed by atoms with van der Waals surface area (Å²) in [7, 11) is 0. The van der Waals surface area contributed by atoms with Gasteiger partial charge in [0.05, 0.1) is 13.2 Å². The monoisotopic (exact) mass is 281 g/mol. The summed E-state index contributed by atoms with van der Waals surface area (Å²) in [6.45, 7) is 15.6. The third-order valence-electron chi connectivity index (χ3n) is 2.86. The maximum atomic E-state index is 5.76. The molecule has 1 fully saturated rings. The third kappa shape index (κ3) is 7.51. The Morgan fingerprint density at radius 1 is 1.05 bits per heavy atom. The zero-order valence-corrected chi connectivity index (χ0v) is 13.8. The number of rotatable bonds is 4. The van der Waals surface area contributed by atoms with Crippen LogP contribution in [0.3, 0.4) is 0 Å². The molecular formula is C17H31NO2. The van der Waals surface area contributed by atoms with E-state index in [2.05, 4.69) is 17.9 Å². The van der Waals surface area contributed by atoms with Crippen molar-refractivity contribution >= 4 is 0 Å². The number of aryl methyl sites for hydroxylation is 1. The second-order valence-corrected chi connectivity index (χ2v) is 4.07. The van der Waals surface area contributed by atoms with Crippen molar-refractivity contribution in [3.63, 3.8) is 0 Å². The molecule has 3 nitrogen and oxygen atoms in total. The molecule has 0 bridgehead atoms. The van der Waals surface area contributed by atoms with E-state index in [0.29, 0.717) is 0 Å². The summed E-state index contributed by atoms with van der Waals surface area (Å²) in [5.41, 5.74) is 1.20. The Labute approximate surface area is 124 Å². The van der Waals surface area contributed by atoms with Gasteiger partial charge in [-0.3, -0.25) is 4.90 Å². The second-order valence-electron chi connectivity index (χ2n) is 4.07. The number of benzene rings is 1. The summed E-state index contributed by atoms with van der Waals surface area (Å²) >= 11 is 0. The highest BCUT2D eigenvalue weighted by molar-refractivity contribution is 5.31. The molecule has 1 aliphatic heterocycles. The molecule has 1 aromatic rings. The second kappa shape index (κ2) is 12.9. The smallest absolute Gasteiger partial charge is 0.122 e. The molecule has 0 amide bonds. The van der Waals surface area contributed by atoms with Gasteiger partial charge >= 0.3 is 0 Å². The first-order valence-corrected chi connectivity index (χ1v) is 7.85. The Balaban J connectivity index is 0.000000829. The van der Waals surface area contributed by atoms with Crippen molar-refractivity contribution in [3.8, 4) is 5.75 Å². The van der Waals surface area contributed by atoms with Gasteiger partial charge in [0.25, 0.3) is 0 Å². The predicted octanol–water partition coefficient (Wildman–Crippen LogP) is 3.76. The zero-order valence-electron chi connectivity index (χ0n) is 13.8. The third-order valence-corrected chi connectivity index (χ3v) is 2.86. The van der Waals surface area contributed by atoms with Gasteiger partial charge in [-0.15, -0.1) is 0 Å². The molecule has 0 spiro atoms. The van der Waals surface area contributed by atoms with Gasteiger partial charge in [0.1, 0.15) is 12.4 Å². The highest BCUT2D eigenvalue weighted by Crippen LogP contribution is 2.15.